The minimum Gasteiger partial charge on any atom is -0.506 e. The molecule has 0 unspecified atom stereocenters. The molecule has 1 aliphatic heterocycles. The van der Waals surface area contributed by atoms with E-state index >= 15 is 0 Å². The Hall–Kier alpha value is -2.10. The van der Waals surface area contributed by atoms with Gasteiger partial charge in [0.2, 0.25) is 11.5 Å². The first-order valence-corrected chi connectivity index (χ1v) is 8.50. The van der Waals surface area contributed by atoms with Crippen LogP contribution < -0.4 is 5.32 Å². The van der Waals surface area contributed by atoms with Gasteiger partial charge in [-0.25, -0.2) is 4.98 Å². The minimum absolute atomic E-state index is 0.0433. The van der Waals surface area contributed by atoms with Crippen molar-refractivity contribution in [2.75, 3.05) is 11.9 Å². The first-order valence-electron chi connectivity index (χ1n) is 8.12. The third-order valence-corrected chi connectivity index (χ3v) is 4.78. The Kier molecular flexibility index (Phi) is 4.14. The number of aromatic nitrogens is 4. The van der Waals surface area contributed by atoms with Gasteiger partial charge in [0.1, 0.15) is 12.9 Å². The lowest BCUT2D eigenvalue weighted by Gasteiger charge is -2.17. The molecule has 2 aromatic rings. The zero-order valence-corrected chi connectivity index (χ0v) is 14.0. The highest BCUT2D eigenvalue weighted by atomic mass is 35.5. The van der Waals surface area contributed by atoms with Crippen LogP contribution in [0.25, 0.3) is 11.2 Å². The molecule has 4 rings (SSSR count). The van der Waals surface area contributed by atoms with Crippen LogP contribution in [0.3, 0.4) is 0 Å². The highest BCUT2D eigenvalue weighted by molar-refractivity contribution is 6.28. The van der Waals surface area contributed by atoms with Crippen molar-refractivity contribution in [3.8, 4) is 0 Å². The van der Waals surface area contributed by atoms with Crippen molar-refractivity contribution in [2.24, 2.45) is 0 Å². The van der Waals surface area contributed by atoms with Gasteiger partial charge in [0, 0.05) is 6.04 Å². The lowest BCUT2D eigenvalue weighted by Crippen LogP contribution is -2.22. The zero-order valence-electron chi connectivity index (χ0n) is 13.3. The number of aliphatic hydroxyl groups excluding tert-OH is 3. The van der Waals surface area contributed by atoms with Crippen molar-refractivity contribution in [1.29, 1.82) is 0 Å². The lowest BCUT2D eigenvalue weighted by molar-refractivity contribution is -0.0119. The van der Waals surface area contributed by atoms with E-state index in [1.165, 1.54) is 23.7 Å². The van der Waals surface area contributed by atoms with Gasteiger partial charge in [0.05, 0.1) is 0 Å². The second-order valence-electron chi connectivity index (χ2n) is 6.21. The summed E-state index contributed by atoms with van der Waals surface area (Å²) >= 11 is 6.06. The van der Waals surface area contributed by atoms with E-state index < -0.39 is 24.7 Å². The maximum Gasteiger partial charge on any atom is 0.226 e. The Labute approximate surface area is 147 Å². The number of rotatable bonds is 4. The molecule has 0 bridgehead atoms. The molecule has 1 fully saturated rings. The first-order chi connectivity index (χ1) is 12.1. The molecule has 2 aromatic heterocycles. The fourth-order valence-electron chi connectivity index (χ4n) is 3.34. The van der Waals surface area contributed by atoms with E-state index in [0.29, 0.717) is 23.0 Å². The van der Waals surface area contributed by atoms with Gasteiger partial charge in [0.15, 0.2) is 34.6 Å². The predicted octanol–water partition coefficient (Wildman–Crippen LogP) is 1.49. The summed E-state index contributed by atoms with van der Waals surface area (Å²) in [5, 5.41) is 32.6. The number of nitrogens with one attached hydrogen (secondary N) is 1. The highest BCUT2D eigenvalue weighted by Crippen LogP contribution is 2.34. The van der Waals surface area contributed by atoms with E-state index in [9.17, 15) is 15.3 Å². The summed E-state index contributed by atoms with van der Waals surface area (Å²) in [6.07, 6.45) is 3.59. The number of ether oxygens (including phenoxy) is 1. The predicted molar refractivity (Wildman–Crippen MR) is 89.1 cm³/mol. The molecule has 0 aromatic carbocycles. The standard InChI is InChI=1S/C15H18ClN5O4/c16-15-19-12(18-7-3-1-2-4-7)9-13(20-15)21(6-17-9)14-11(24)10(23)8(5-22)25-14/h6-7,11,14,22-24H,1-5H2,(H,18,19,20)/t11-,14+/m0/s1. The molecule has 2 atom stereocenters. The second-order valence-corrected chi connectivity index (χ2v) is 6.55. The van der Waals surface area contributed by atoms with Crippen LogP contribution in [-0.4, -0.2) is 53.6 Å². The van der Waals surface area contributed by atoms with Gasteiger partial charge in [-0.2, -0.15) is 9.97 Å². The van der Waals surface area contributed by atoms with E-state index in [0.717, 1.165) is 12.8 Å². The number of fused-ring (bicyclic) bond motifs is 1. The monoisotopic (exact) mass is 367 g/mol. The molecule has 0 radical (unpaired) electrons. The molecule has 0 spiro atoms. The average Bonchev–Trinajstić information content (AvgIpc) is 3.29. The molecular weight excluding hydrogens is 350 g/mol. The van der Waals surface area contributed by atoms with Crippen molar-refractivity contribution in [2.45, 2.75) is 44.1 Å². The number of anilines is 1. The summed E-state index contributed by atoms with van der Waals surface area (Å²) < 4.78 is 6.89. The molecule has 0 amide bonds. The molecule has 0 saturated heterocycles. The van der Waals surface area contributed by atoms with Gasteiger partial charge in [-0.15, -0.1) is 0 Å². The largest absolute Gasteiger partial charge is 0.506 e. The Morgan fingerprint density at radius 3 is 2.76 bits per heavy atom. The molecule has 4 N–H and O–H groups in total. The van der Waals surface area contributed by atoms with Crippen molar-refractivity contribution < 1.29 is 20.1 Å². The summed E-state index contributed by atoms with van der Waals surface area (Å²) in [7, 11) is 0. The van der Waals surface area contributed by atoms with Gasteiger partial charge in [0.25, 0.3) is 0 Å². The zero-order chi connectivity index (χ0) is 17.6. The SMILES string of the molecule is OCC1=C(O)[C@H](O)[C@H](n2cnc3c(NC4CCCC4)nc(Cl)nc32)O1. The normalized spacial score (nSPS) is 24.3. The Morgan fingerprint density at radius 1 is 1.32 bits per heavy atom. The molecule has 3 heterocycles. The Bertz CT molecular complexity index is 833. The molecule has 1 saturated carbocycles. The first kappa shape index (κ1) is 16.4. The van der Waals surface area contributed by atoms with E-state index in [-0.39, 0.29) is 11.0 Å². The molecule has 134 valence electrons. The van der Waals surface area contributed by atoms with E-state index in [2.05, 4.69) is 20.3 Å². The fraction of sp³-hybridized carbons (Fsp3) is 0.533. The van der Waals surface area contributed by atoms with Crippen LogP contribution in [0.1, 0.15) is 31.9 Å². The van der Waals surface area contributed by atoms with Crippen molar-refractivity contribution in [3.05, 3.63) is 23.1 Å². The number of halogens is 1. The number of nitrogens with zero attached hydrogens (tertiary/aromatic N) is 4. The third-order valence-electron chi connectivity index (χ3n) is 4.61. The van der Waals surface area contributed by atoms with Crippen LogP contribution >= 0.6 is 11.6 Å². The van der Waals surface area contributed by atoms with E-state index in [1.54, 1.807) is 0 Å². The fourth-order valence-corrected chi connectivity index (χ4v) is 3.50. The maximum atomic E-state index is 10.2. The van der Waals surface area contributed by atoms with Gasteiger partial charge in [-0.3, -0.25) is 4.57 Å². The molecule has 2 aliphatic rings. The number of imidazole rings is 1. The third kappa shape index (κ3) is 2.78. The quantitative estimate of drug-likeness (QED) is 0.599. The van der Waals surface area contributed by atoms with E-state index in [4.69, 9.17) is 16.3 Å². The van der Waals surface area contributed by atoms with Crippen LogP contribution in [-0.2, 0) is 4.74 Å². The maximum absolute atomic E-state index is 10.2. The van der Waals surface area contributed by atoms with E-state index in [1.807, 2.05) is 0 Å². The molecule has 1 aliphatic carbocycles. The number of hydrogen-bond donors (Lipinski definition) is 4. The van der Waals surface area contributed by atoms with Gasteiger partial charge in [-0.05, 0) is 24.4 Å². The van der Waals surface area contributed by atoms with Gasteiger partial charge >= 0.3 is 0 Å². The lowest BCUT2D eigenvalue weighted by atomic mass is 10.2. The second kappa shape index (κ2) is 6.32. The van der Waals surface area contributed by atoms with Crippen molar-refractivity contribution in [1.82, 2.24) is 19.5 Å². The molecule has 9 nitrogen and oxygen atoms in total. The van der Waals surface area contributed by atoms with Crippen LogP contribution in [0.4, 0.5) is 5.82 Å². The van der Waals surface area contributed by atoms with Crippen molar-refractivity contribution >= 4 is 28.6 Å². The van der Waals surface area contributed by atoms with Crippen LogP contribution in [0.5, 0.6) is 0 Å². The van der Waals surface area contributed by atoms with Gasteiger partial charge in [-0.1, -0.05) is 12.8 Å². The average molecular weight is 368 g/mol. The summed E-state index contributed by atoms with van der Waals surface area (Å²) in [4.78, 5) is 12.7. The van der Waals surface area contributed by atoms with Crippen LogP contribution in [0.2, 0.25) is 5.28 Å². The smallest absolute Gasteiger partial charge is 0.226 e. The topological polar surface area (TPSA) is 126 Å². The number of aliphatic hydroxyl groups is 3. The molecule has 25 heavy (non-hydrogen) atoms. The molecule has 10 heteroatoms. The summed E-state index contributed by atoms with van der Waals surface area (Å²) in [6.45, 7) is -0.518. The highest BCUT2D eigenvalue weighted by Gasteiger charge is 2.38. The summed E-state index contributed by atoms with van der Waals surface area (Å²) in [5.74, 6) is 0.0512. The van der Waals surface area contributed by atoms with Crippen molar-refractivity contribution in [3.63, 3.8) is 0 Å². The molecular formula is C15H18ClN5O4. The summed E-state index contributed by atoms with van der Waals surface area (Å²) in [6, 6.07) is 0.319. The Morgan fingerprint density at radius 2 is 2.08 bits per heavy atom. The Balaban J connectivity index is 1.71. The summed E-state index contributed by atoms with van der Waals surface area (Å²) in [5.41, 5.74) is 0.876. The number of hydrogen-bond acceptors (Lipinski definition) is 8. The van der Waals surface area contributed by atoms with Crippen LogP contribution in [0.15, 0.2) is 17.8 Å². The van der Waals surface area contributed by atoms with Crippen LogP contribution in [0, 0.1) is 0 Å². The van der Waals surface area contributed by atoms with Gasteiger partial charge < -0.3 is 25.4 Å². The minimum atomic E-state index is -1.33.